The van der Waals surface area contributed by atoms with Crippen molar-refractivity contribution in [3.8, 4) is 5.75 Å². The van der Waals surface area contributed by atoms with Gasteiger partial charge in [0.2, 0.25) is 5.91 Å². The van der Waals surface area contributed by atoms with Crippen molar-refractivity contribution in [2.45, 2.75) is 18.6 Å². The monoisotopic (exact) mass is 415 g/mol. The van der Waals surface area contributed by atoms with Crippen LogP contribution in [0.1, 0.15) is 27.9 Å². The largest absolute Gasteiger partial charge is 0.497 e. The maximum Gasteiger partial charge on any atom is 0.240 e. The number of carbonyl (C=O) groups excluding carboxylic acids is 2. The number of benzene rings is 2. The molecule has 2 aromatic carbocycles. The number of Topliss-reactive ketones (excluding diaryl/α,β-unsaturated/α-hetero) is 1. The van der Waals surface area contributed by atoms with Crippen molar-refractivity contribution in [1.82, 2.24) is 5.32 Å². The van der Waals surface area contributed by atoms with Gasteiger partial charge in [-0.1, -0.05) is 23.4 Å². The average molecular weight is 416 g/mol. The lowest BCUT2D eigenvalue weighted by molar-refractivity contribution is -0.118. The Morgan fingerprint density at radius 3 is 2.71 bits per heavy atom. The van der Waals surface area contributed by atoms with Crippen LogP contribution in [0.5, 0.6) is 5.75 Å². The van der Waals surface area contributed by atoms with Crippen LogP contribution in [-0.2, 0) is 4.79 Å². The number of thioether (sulfide) groups is 1. The number of nitrogens with zero attached hydrogens (tertiary/aromatic N) is 2. The van der Waals surface area contributed by atoms with Gasteiger partial charge < -0.3 is 10.1 Å². The summed E-state index contributed by atoms with van der Waals surface area (Å²) in [5.74, 6) is 0.392. The summed E-state index contributed by atoms with van der Waals surface area (Å²) in [7, 11) is 1.60. The van der Waals surface area contributed by atoms with Gasteiger partial charge in [0.25, 0.3) is 0 Å². The summed E-state index contributed by atoms with van der Waals surface area (Å²) < 4.78 is 5.10. The molecule has 0 bridgehead atoms. The van der Waals surface area contributed by atoms with Crippen molar-refractivity contribution in [1.29, 1.82) is 0 Å². The van der Waals surface area contributed by atoms with E-state index in [4.69, 9.17) is 16.3 Å². The third-order valence-electron chi connectivity index (χ3n) is 4.10. The van der Waals surface area contributed by atoms with Crippen LogP contribution in [0.3, 0.4) is 0 Å². The third kappa shape index (κ3) is 4.99. The highest BCUT2D eigenvalue weighted by Crippen LogP contribution is 2.25. The zero-order valence-electron chi connectivity index (χ0n) is 15.3. The molecule has 8 heteroatoms. The quantitative estimate of drug-likeness (QED) is 0.441. The first-order valence-electron chi connectivity index (χ1n) is 8.48. The Hall–Kier alpha value is -2.64. The minimum absolute atomic E-state index is 0.0821. The van der Waals surface area contributed by atoms with Gasteiger partial charge in [-0.05, 0) is 60.5 Å². The minimum Gasteiger partial charge on any atom is -0.497 e. The molecule has 6 nitrogen and oxygen atoms in total. The molecule has 144 valence electrons. The van der Waals surface area contributed by atoms with Gasteiger partial charge in [-0.25, -0.2) is 0 Å². The second-order valence-electron chi connectivity index (χ2n) is 6.11. The van der Waals surface area contributed by atoms with Crippen molar-refractivity contribution in [2.75, 3.05) is 7.11 Å². The zero-order chi connectivity index (χ0) is 20.1. The van der Waals surface area contributed by atoms with Crippen LogP contribution in [-0.4, -0.2) is 35.4 Å². The molecule has 1 aliphatic heterocycles. The Morgan fingerprint density at radius 1 is 1.29 bits per heavy atom. The average Bonchev–Trinajstić information content (AvgIpc) is 3.03. The molecule has 1 saturated heterocycles. The van der Waals surface area contributed by atoms with E-state index in [2.05, 4.69) is 15.5 Å². The maximum absolute atomic E-state index is 12.5. The maximum atomic E-state index is 12.5. The Labute approximate surface area is 172 Å². The van der Waals surface area contributed by atoms with Crippen LogP contribution >= 0.6 is 23.4 Å². The van der Waals surface area contributed by atoms with Crippen LogP contribution in [0.2, 0.25) is 5.02 Å². The van der Waals surface area contributed by atoms with E-state index in [0.29, 0.717) is 15.8 Å². The smallest absolute Gasteiger partial charge is 0.240 e. The molecule has 0 saturated carbocycles. The summed E-state index contributed by atoms with van der Waals surface area (Å²) in [5, 5.41) is 11.1. The van der Waals surface area contributed by atoms with E-state index in [1.54, 1.807) is 31.5 Å². The number of ketones is 1. The Bertz CT molecular complexity index is 958. The van der Waals surface area contributed by atoms with Crippen molar-refractivity contribution in [3.05, 3.63) is 64.2 Å². The number of hydrogen-bond acceptors (Lipinski definition) is 6. The molecule has 28 heavy (non-hydrogen) atoms. The minimum atomic E-state index is -0.529. The standard InChI is InChI=1S/C20H18ClN3O3S/c1-12-9-14(5-8-16(12)21)17(25)10-18-19(26)23-20(28-18)24-22-11-13-3-6-15(27-2)7-4-13/h3-9,11,18H,10H2,1-2H3,(H,23,24,26)/b22-11+. The van der Waals surface area contributed by atoms with Gasteiger partial charge >= 0.3 is 0 Å². The topological polar surface area (TPSA) is 80.1 Å². The molecule has 1 atom stereocenters. The van der Waals surface area contributed by atoms with Crippen molar-refractivity contribution >= 4 is 46.4 Å². The molecular formula is C20H18ClN3O3S. The van der Waals surface area contributed by atoms with Crippen molar-refractivity contribution < 1.29 is 14.3 Å². The molecule has 1 fully saturated rings. The van der Waals surface area contributed by atoms with Gasteiger partial charge in [0.15, 0.2) is 11.0 Å². The van der Waals surface area contributed by atoms with Gasteiger partial charge in [-0.3, -0.25) is 9.59 Å². The predicted molar refractivity (Wildman–Crippen MR) is 113 cm³/mol. The first-order chi connectivity index (χ1) is 13.5. The normalized spacial score (nSPS) is 17.9. The van der Waals surface area contributed by atoms with Gasteiger partial charge in [0.1, 0.15) is 5.75 Å². The highest BCUT2D eigenvalue weighted by molar-refractivity contribution is 8.15. The van der Waals surface area contributed by atoms with Crippen LogP contribution in [0.4, 0.5) is 0 Å². The van der Waals surface area contributed by atoms with E-state index < -0.39 is 5.25 Å². The van der Waals surface area contributed by atoms with E-state index in [9.17, 15) is 9.59 Å². The highest BCUT2D eigenvalue weighted by atomic mass is 35.5. The number of hydrogen-bond donors (Lipinski definition) is 1. The second-order valence-corrected chi connectivity index (χ2v) is 7.71. The number of methoxy groups -OCH3 is 1. The molecule has 1 N–H and O–H groups in total. The number of halogens is 1. The summed E-state index contributed by atoms with van der Waals surface area (Å²) >= 11 is 7.19. The summed E-state index contributed by atoms with van der Waals surface area (Å²) in [4.78, 5) is 24.6. The first kappa shape index (κ1) is 20.1. The Balaban J connectivity index is 1.60. The molecule has 1 unspecified atom stereocenters. The zero-order valence-corrected chi connectivity index (χ0v) is 16.9. The van der Waals surface area contributed by atoms with E-state index in [1.807, 2.05) is 31.2 Å². The summed E-state index contributed by atoms with van der Waals surface area (Å²) in [5.41, 5.74) is 2.22. The molecule has 0 spiro atoms. The molecule has 0 radical (unpaired) electrons. The van der Waals surface area contributed by atoms with E-state index in [1.165, 1.54) is 11.8 Å². The van der Waals surface area contributed by atoms with Gasteiger partial charge in [0.05, 0.1) is 18.6 Å². The molecule has 3 rings (SSSR count). The fourth-order valence-electron chi connectivity index (χ4n) is 2.53. The number of rotatable bonds is 6. The lowest BCUT2D eigenvalue weighted by Crippen LogP contribution is -2.26. The van der Waals surface area contributed by atoms with Crippen LogP contribution in [0.15, 0.2) is 52.7 Å². The van der Waals surface area contributed by atoms with E-state index in [-0.39, 0.29) is 18.1 Å². The molecule has 2 aromatic rings. The number of carbonyl (C=O) groups is 2. The van der Waals surface area contributed by atoms with E-state index in [0.717, 1.165) is 16.9 Å². The van der Waals surface area contributed by atoms with E-state index >= 15 is 0 Å². The Morgan fingerprint density at radius 2 is 2.04 bits per heavy atom. The summed E-state index contributed by atoms with van der Waals surface area (Å²) in [6, 6.07) is 12.4. The fraction of sp³-hybridized carbons (Fsp3) is 0.200. The van der Waals surface area contributed by atoms with Gasteiger partial charge in [-0.15, -0.1) is 5.10 Å². The third-order valence-corrected chi connectivity index (χ3v) is 5.59. The summed E-state index contributed by atoms with van der Waals surface area (Å²) in [6.07, 6.45) is 1.66. The lowest BCUT2D eigenvalue weighted by Gasteiger charge is -2.06. The lowest BCUT2D eigenvalue weighted by atomic mass is 10.0. The van der Waals surface area contributed by atoms with Crippen LogP contribution in [0, 0.1) is 6.92 Å². The molecule has 0 aromatic heterocycles. The van der Waals surface area contributed by atoms with Gasteiger partial charge in [-0.2, -0.15) is 5.10 Å². The number of aryl methyl sites for hydroxylation is 1. The fourth-order valence-corrected chi connectivity index (χ4v) is 3.57. The van der Waals surface area contributed by atoms with Crippen LogP contribution in [0.25, 0.3) is 0 Å². The second kappa shape index (κ2) is 9.03. The SMILES string of the molecule is COc1ccc(/C=N/N=C2\NC(=O)C(CC(=O)c3ccc(Cl)c(C)c3)S2)cc1. The van der Waals surface area contributed by atoms with Crippen molar-refractivity contribution in [2.24, 2.45) is 10.2 Å². The molecule has 1 aliphatic rings. The highest BCUT2D eigenvalue weighted by Gasteiger charge is 2.32. The number of amidine groups is 1. The van der Waals surface area contributed by atoms with Crippen molar-refractivity contribution in [3.63, 3.8) is 0 Å². The Kier molecular flexibility index (Phi) is 6.49. The van der Waals surface area contributed by atoms with Crippen LogP contribution < -0.4 is 10.1 Å². The predicted octanol–water partition coefficient (Wildman–Crippen LogP) is 3.85. The number of nitrogens with one attached hydrogen (secondary N) is 1. The molecule has 1 amide bonds. The van der Waals surface area contributed by atoms with Gasteiger partial charge in [0, 0.05) is 17.0 Å². The molecular weight excluding hydrogens is 398 g/mol. The number of amides is 1. The molecule has 0 aliphatic carbocycles. The molecule has 1 heterocycles. The first-order valence-corrected chi connectivity index (χ1v) is 9.74. The number of ether oxygens (including phenoxy) is 1. The summed E-state index contributed by atoms with van der Waals surface area (Å²) in [6.45, 7) is 1.84.